The Bertz CT molecular complexity index is 301. The number of hydrogen-bond donors (Lipinski definition) is 0. The molecule has 2 nitrogen and oxygen atoms in total. The molecule has 0 N–H and O–H groups in total. The van der Waals surface area contributed by atoms with Crippen LogP contribution in [0.3, 0.4) is 0 Å². The molecule has 0 atom stereocenters. The lowest BCUT2D eigenvalue weighted by molar-refractivity contribution is 1.13. The van der Waals surface area contributed by atoms with E-state index in [0.717, 1.165) is 11.3 Å². The first kappa shape index (κ1) is 8.03. The molecule has 0 saturated heterocycles. The van der Waals surface area contributed by atoms with Crippen molar-refractivity contribution in [2.24, 2.45) is 0 Å². The largest absolute Gasteiger partial charge is 0.260 e. The third-order valence-electron chi connectivity index (χ3n) is 1.42. The van der Waals surface area contributed by atoms with Crippen LogP contribution < -0.4 is 0 Å². The lowest BCUT2D eigenvalue weighted by atomic mass is 10.1. The second kappa shape index (κ2) is 3.36. The fourth-order valence-corrected chi connectivity index (χ4v) is 0.907. The van der Waals surface area contributed by atoms with Gasteiger partial charge < -0.3 is 0 Å². The van der Waals surface area contributed by atoms with Gasteiger partial charge in [-0.1, -0.05) is 0 Å². The molecule has 0 aliphatic rings. The molecule has 56 valence electrons. The molecule has 0 aromatic carbocycles. The van der Waals surface area contributed by atoms with Gasteiger partial charge in [0, 0.05) is 6.20 Å². The molecule has 1 aromatic rings. The van der Waals surface area contributed by atoms with Gasteiger partial charge in [-0.3, -0.25) is 4.98 Å². The van der Waals surface area contributed by atoms with Crippen LogP contribution in [-0.4, -0.2) is 4.98 Å². The molecule has 0 radical (unpaired) electrons. The van der Waals surface area contributed by atoms with E-state index in [4.69, 9.17) is 16.9 Å². The fourth-order valence-electron chi connectivity index (χ4n) is 0.761. The highest BCUT2D eigenvalue weighted by Gasteiger charge is 1.98. The van der Waals surface area contributed by atoms with Gasteiger partial charge in [0.1, 0.15) is 0 Å². The van der Waals surface area contributed by atoms with Crippen molar-refractivity contribution >= 4 is 11.6 Å². The van der Waals surface area contributed by atoms with E-state index in [-0.39, 0.29) is 0 Å². The van der Waals surface area contributed by atoms with Crippen LogP contribution >= 0.6 is 11.6 Å². The topological polar surface area (TPSA) is 36.7 Å². The zero-order valence-electron chi connectivity index (χ0n) is 6.13. The second-order valence-electron chi connectivity index (χ2n) is 2.24. The van der Waals surface area contributed by atoms with Crippen LogP contribution in [0.5, 0.6) is 0 Å². The lowest BCUT2D eigenvalue weighted by Gasteiger charge is -1.97. The Morgan fingerprint density at radius 2 is 2.45 bits per heavy atom. The Morgan fingerprint density at radius 1 is 1.73 bits per heavy atom. The maximum Gasteiger partial charge on any atom is 0.0995 e. The third kappa shape index (κ3) is 1.69. The fraction of sp³-hybridized carbons (Fsp3) is 0.250. The van der Waals surface area contributed by atoms with Crippen LogP contribution in [0, 0.1) is 18.3 Å². The maximum absolute atomic E-state index is 8.62. The van der Waals surface area contributed by atoms with E-state index >= 15 is 0 Å². The number of pyridine rings is 1. The van der Waals surface area contributed by atoms with E-state index in [1.807, 2.05) is 6.92 Å². The zero-order chi connectivity index (χ0) is 8.27. The summed E-state index contributed by atoms with van der Waals surface area (Å²) in [6.07, 6.45) is 1.66. The van der Waals surface area contributed by atoms with Crippen LogP contribution in [-0.2, 0) is 5.88 Å². The second-order valence-corrected chi connectivity index (χ2v) is 2.50. The molecule has 1 rings (SSSR count). The van der Waals surface area contributed by atoms with Gasteiger partial charge in [0.15, 0.2) is 0 Å². The van der Waals surface area contributed by atoms with Gasteiger partial charge >= 0.3 is 0 Å². The number of alkyl halides is 1. The summed E-state index contributed by atoms with van der Waals surface area (Å²) in [6, 6.07) is 3.78. The summed E-state index contributed by atoms with van der Waals surface area (Å²) < 4.78 is 0. The molecule has 0 unspecified atom stereocenters. The Balaban J connectivity index is 3.15. The zero-order valence-corrected chi connectivity index (χ0v) is 6.89. The molecule has 0 fully saturated rings. The van der Waals surface area contributed by atoms with Crippen molar-refractivity contribution in [1.82, 2.24) is 4.98 Å². The molecule has 11 heavy (non-hydrogen) atoms. The maximum atomic E-state index is 8.62. The van der Waals surface area contributed by atoms with E-state index in [1.54, 1.807) is 12.3 Å². The van der Waals surface area contributed by atoms with Gasteiger partial charge in [-0.15, -0.1) is 11.6 Å². The summed E-state index contributed by atoms with van der Waals surface area (Å²) in [4.78, 5) is 4.02. The van der Waals surface area contributed by atoms with Crippen molar-refractivity contribution in [2.75, 3.05) is 0 Å². The molecule has 3 heteroatoms. The summed E-state index contributed by atoms with van der Waals surface area (Å²) in [7, 11) is 0. The van der Waals surface area contributed by atoms with Gasteiger partial charge in [-0.05, 0) is 18.6 Å². The summed E-state index contributed by atoms with van der Waals surface area (Å²) in [5, 5.41) is 8.62. The molecule has 0 aliphatic heterocycles. The quantitative estimate of drug-likeness (QED) is 0.599. The van der Waals surface area contributed by atoms with Crippen molar-refractivity contribution in [3.8, 4) is 6.07 Å². The molecular formula is C8H7ClN2. The molecule has 0 aliphatic carbocycles. The van der Waals surface area contributed by atoms with E-state index in [2.05, 4.69) is 11.1 Å². The molecule has 0 amide bonds. The van der Waals surface area contributed by atoms with E-state index in [1.165, 1.54) is 0 Å². The predicted octanol–water partition coefficient (Wildman–Crippen LogP) is 2.00. The van der Waals surface area contributed by atoms with Gasteiger partial charge in [0.25, 0.3) is 0 Å². The van der Waals surface area contributed by atoms with Gasteiger partial charge in [-0.2, -0.15) is 5.26 Å². The normalized spacial score (nSPS) is 9.18. The van der Waals surface area contributed by atoms with E-state index in [0.29, 0.717) is 11.4 Å². The number of hydrogen-bond acceptors (Lipinski definition) is 2. The van der Waals surface area contributed by atoms with Crippen LogP contribution in [0.4, 0.5) is 0 Å². The van der Waals surface area contributed by atoms with Crippen molar-refractivity contribution in [3.05, 3.63) is 29.1 Å². The van der Waals surface area contributed by atoms with Crippen LogP contribution in [0.15, 0.2) is 12.3 Å². The minimum atomic E-state index is 0.356. The molecule has 0 bridgehead atoms. The molecule has 1 aromatic heterocycles. The Kier molecular flexibility index (Phi) is 2.45. The minimum absolute atomic E-state index is 0.356. The average molecular weight is 167 g/mol. The summed E-state index contributed by atoms with van der Waals surface area (Å²) >= 11 is 5.54. The molecular weight excluding hydrogens is 160 g/mol. The summed E-state index contributed by atoms with van der Waals surface area (Å²) in [5.74, 6) is 0.356. The monoisotopic (exact) mass is 166 g/mol. The molecule has 0 saturated carbocycles. The standard InChI is InChI=1S/C8H7ClN2/c1-6-5-11-8(3-9)2-7(6)4-10/h2,5H,3H2,1H3. The first-order valence-electron chi connectivity index (χ1n) is 3.19. The number of rotatable bonds is 1. The number of aromatic nitrogens is 1. The first-order valence-corrected chi connectivity index (χ1v) is 3.73. The van der Waals surface area contributed by atoms with Crippen LogP contribution in [0.2, 0.25) is 0 Å². The number of halogens is 1. The van der Waals surface area contributed by atoms with Crippen molar-refractivity contribution in [1.29, 1.82) is 5.26 Å². The predicted molar refractivity (Wildman–Crippen MR) is 43.2 cm³/mol. The first-order chi connectivity index (χ1) is 5.27. The Hall–Kier alpha value is -1.07. The number of nitriles is 1. The van der Waals surface area contributed by atoms with E-state index in [9.17, 15) is 0 Å². The SMILES string of the molecule is Cc1cnc(CCl)cc1C#N. The Labute approximate surface area is 70.4 Å². The van der Waals surface area contributed by atoms with Crippen LogP contribution in [0.25, 0.3) is 0 Å². The van der Waals surface area contributed by atoms with Crippen molar-refractivity contribution < 1.29 is 0 Å². The number of aryl methyl sites for hydroxylation is 1. The lowest BCUT2D eigenvalue weighted by Crippen LogP contribution is -1.89. The van der Waals surface area contributed by atoms with Gasteiger partial charge in [0.05, 0.1) is 23.2 Å². The highest BCUT2D eigenvalue weighted by Crippen LogP contribution is 2.08. The highest BCUT2D eigenvalue weighted by molar-refractivity contribution is 6.16. The van der Waals surface area contributed by atoms with Crippen molar-refractivity contribution in [3.63, 3.8) is 0 Å². The Morgan fingerprint density at radius 3 is 3.00 bits per heavy atom. The number of nitrogens with zero attached hydrogens (tertiary/aromatic N) is 2. The molecule has 1 heterocycles. The highest BCUT2D eigenvalue weighted by atomic mass is 35.5. The minimum Gasteiger partial charge on any atom is -0.260 e. The van der Waals surface area contributed by atoms with Crippen LogP contribution in [0.1, 0.15) is 16.8 Å². The smallest absolute Gasteiger partial charge is 0.0995 e. The van der Waals surface area contributed by atoms with E-state index < -0.39 is 0 Å². The summed E-state index contributed by atoms with van der Waals surface area (Å²) in [5.41, 5.74) is 2.28. The molecule has 0 spiro atoms. The average Bonchev–Trinajstić information content (AvgIpc) is 2.05. The van der Waals surface area contributed by atoms with Gasteiger partial charge in [-0.25, -0.2) is 0 Å². The van der Waals surface area contributed by atoms with Crippen molar-refractivity contribution in [2.45, 2.75) is 12.8 Å². The summed E-state index contributed by atoms with van der Waals surface area (Å²) in [6.45, 7) is 1.85. The third-order valence-corrected chi connectivity index (χ3v) is 1.69. The van der Waals surface area contributed by atoms with Gasteiger partial charge in [0.2, 0.25) is 0 Å².